The molecular formula is C64H46N2. The Balaban J connectivity index is 1.18. The number of rotatable bonds is 10. The first-order valence-corrected chi connectivity index (χ1v) is 22.8. The molecule has 0 spiro atoms. The largest absolute Gasteiger partial charge is 0.228 e. The topological polar surface area (TPSA) is 25.8 Å². The van der Waals surface area contributed by atoms with E-state index in [0.29, 0.717) is 5.82 Å². The first-order chi connectivity index (χ1) is 32.8. The molecule has 0 bridgehead atoms. The normalized spacial score (nSPS) is 12.2. The van der Waals surface area contributed by atoms with E-state index in [2.05, 4.69) is 249 Å². The Bertz CT molecular complexity index is 3240. The van der Waals surface area contributed by atoms with Crippen molar-refractivity contribution in [1.29, 1.82) is 0 Å². The molecule has 0 fully saturated rings. The number of allylic oxidation sites excluding steroid dienone is 4. The third-order valence-electron chi connectivity index (χ3n) is 12.5. The van der Waals surface area contributed by atoms with Crippen LogP contribution in [0.5, 0.6) is 0 Å². The molecule has 11 rings (SSSR count). The van der Waals surface area contributed by atoms with Gasteiger partial charge in [-0.2, -0.15) is 0 Å². The second kappa shape index (κ2) is 18.3. The fourth-order valence-electron chi connectivity index (χ4n) is 9.46. The Morgan fingerprint density at radius 2 is 0.591 bits per heavy atom. The van der Waals surface area contributed by atoms with E-state index in [0.717, 1.165) is 74.3 Å². The van der Waals surface area contributed by atoms with E-state index in [1.54, 1.807) is 0 Å². The lowest BCUT2D eigenvalue weighted by molar-refractivity contribution is 1.04. The van der Waals surface area contributed by atoms with E-state index in [9.17, 15) is 0 Å². The average Bonchev–Trinajstić information content (AvgIpc) is 3.41. The van der Waals surface area contributed by atoms with Crippen molar-refractivity contribution in [3.8, 4) is 101 Å². The van der Waals surface area contributed by atoms with E-state index >= 15 is 0 Å². The van der Waals surface area contributed by atoms with Crippen molar-refractivity contribution < 1.29 is 0 Å². The van der Waals surface area contributed by atoms with Gasteiger partial charge in [-0.3, -0.25) is 0 Å². The molecule has 2 heteroatoms. The average molecular weight is 843 g/mol. The fourth-order valence-corrected chi connectivity index (χ4v) is 9.46. The van der Waals surface area contributed by atoms with E-state index in [4.69, 9.17) is 9.97 Å². The molecule has 312 valence electrons. The monoisotopic (exact) mass is 842 g/mol. The van der Waals surface area contributed by atoms with Crippen molar-refractivity contribution in [2.24, 2.45) is 0 Å². The van der Waals surface area contributed by atoms with Crippen molar-refractivity contribution in [3.05, 3.63) is 260 Å². The van der Waals surface area contributed by atoms with Crippen LogP contribution in [0.4, 0.5) is 0 Å². The fraction of sp³-hybridized carbons (Fsp3) is 0.0312. The summed E-state index contributed by atoms with van der Waals surface area (Å²) in [6.45, 7) is 0. The highest BCUT2D eigenvalue weighted by Crippen LogP contribution is 2.56. The van der Waals surface area contributed by atoms with Crippen molar-refractivity contribution in [2.45, 2.75) is 12.8 Å². The van der Waals surface area contributed by atoms with Crippen molar-refractivity contribution >= 4 is 5.57 Å². The van der Waals surface area contributed by atoms with Crippen LogP contribution < -0.4 is 0 Å². The van der Waals surface area contributed by atoms with Crippen LogP contribution in [0.15, 0.2) is 255 Å². The van der Waals surface area contributed by atoms with Gasteiger partial charge in [-0.05, 0) is 103 Å². The van der Waals surface area contributed by atoms with Crippen LogP contribution in [0.2, 0.25) is 0 Å². The molecule has 10 aromatic rings. The van der Waals surface area contributed by atoms with Gasteiger partial charge in [0.25, 0.3) is 0 Å². The van der Waals surface area contributed by atoms with Crippen LogP contribution in [0.3, 0.4) is 0 Å². The van der Waals surface area contributed by atoms with Gasteiger partial charge in [0.05, 0.1) is 11.4 Å². The summed E-state index contributed by atoms with van der Waals surface area (Å²) in [5, 5.41) is 0. The third-order valence-corrected chi connectivity index (χ3v) is 12.5. The molecule has 1 aromatic heterocycles. The SMILES string of the molecule is C1=CC(c2cccc(-c3cc(-c4ccccc4)nc(-c4ccc(-c5c(-c6ccccc6)c(-c6ccccc6)c(-c6ccccc6)c(-c6ccccc6)c5-c5ccccc5)cc4)n3)c2)=CCC1. The zero-order valence-corrected chi connectivity index (χ0v) is 36.6. The summed E-state index contributed by atoms with van der Waals surface area (Å²) in [7, 11) is 0. The van der Waals surface area contributed by atoms with Gasteiger partial charge in [0.15, 0.2) is 5.82 Å². The Morgan fingerprint density at radius 3 is 0.985 bits per heavy atom. The highest BCUT2D eigenvalue weighted by molar-refractivity contribution is 6.15. The number of nitrogens with zero attached hydrogens (tertiary/aromatic N) is 2. The summed E-state index contributed by atoms with van der Waals surface area (Å²) < 4.78 is 0. The Kier molecular flexibility index (Phi) is 11.2. The molecular weight excluding hydrogens is 797 g/mol. The lowest BCUT2D eigenvalue weighted by atomic mass is 9.74. The molecule has 0 unspecified atom stereocenters. The molecule has 2 nitrogen and oxygen atoms in total. The smallest absolute Gasteiger partial charge is 0.160 e. The van der Waals surface area contributed by atoms with Gasteiger partial charge in [-0.1, -0.05) is 243 Å². The van der Waals surface area contributed by atoms with Crippen LogP contribution in [-0.4, -0.2) is 9.97 Å². The van der Waals surface area contributed by atoms with Gasteiger partial charge >= 0.3 is 0 Å². The number of benzene rings is 9. The molecule has 66 heavy (non-hydrogen) atoms. The summed E-state index contributed by atoms with van der Waals surface area (Å²) in [5.41, 5.74) is 21.3. The van der Waals surface area contributed by atoms with Crippen LogP contribution >= 0.6 is 0 Å². The van der Waals surface area contributed by atoms with Gasteiger partial charge in [0.2, 0.25) is 0 Å². The summed E-state index contributed by atoms with van der Waals surface area (Å²) in [6.07, 6.45) is 8.96. The first kappa shape index (κ1) is 40.3. The van der Waals surface area contributed by atoms with Crippen LogP contribution in [0.1, 0.15) is 18.4 Å². The van der Waals surface area contributed by atoms with Gasteiger partial charge in [-0.15, -0.1) is 0 Å². The lowest BCUT2D eigenvalue weighted by Crippen LogP contribution is -2.02. The highest BCUT2D eigenvalue weighted by atomic mass is 14.9. The predicted molar refractivity (Wildman–Crippen MR) is 277 cm³/mol. The summed E-state index contributed by atoms with van der Waals surface area (Å²) in [5.74, 6) is 0.682. The zero-order valence-electron chi connectivity index (χ0n) is 36.6. The first-order valence-electron chi connectivity index (χ1n) is 22.8. The maximum absolute atomic E-state index is 5.32. The zero-order chi connectivity index (χ0) is 44.1. The summed E-state index contributed by atoms with van der Waals surface area (Å²) in [6, 6.07) is 84.8. The molecule has 0 saturated heterocycles. The molecule has 9 aromatic carbocycles. The van der Waals surface area contributed by atoms with Gasteiger partial charge in [0, 0.05) is 16.7 Å². The van der Waals surface area contributed by atoms with Crippen molar-refractivity contribution in [2.75, 3.05) is 0 Å². The van der Waals surface area contributed by atoms with Crippen molar-refractivity contribution in [3.63, 3.8) is 0 Å². The minimum Gasteiger partial charge on any atom is -0.228 e. The molecule has 0 atom stereocenters. The van der Waals surface area contributed by atoms with Gasteiger partial charge in [-0.25, -0.2) is 9.97 Å². The number of aromatic nitrogens is 2. The molecule has 0 radical (unpaired) electrons. The maximum atomic E-state index is 5.32. The molecule has 0 N–H and O–H groups in total. The summed E-state index contributed by atoms with van der Waals surface area (Å²) >= 11 is 0. The van der Waals surface area contributed by atoms with Crippen LogP contribution in [0, 0.1) is 0 Å². The highest BCUT2D eigenvalue weighted by Gasteiger charge is 2.29. The number of hydrogen-bond acceptors (Lipinski definition) is 2. The lowest BCUT2D eigenvalue weighted by Gasteiger charge is -2.28. The molecule has 0 saturated carbocycles. The maximum Gasteiger partial charge on any atom is 0.160 e. The standard InChI is InChI=1S/C64H46N2/c1-8-23-45(24-9-1)54-37-22-38-55(43-54)57-44-56(46-25-10-2-11-26-46)65-64(66-57)53-41-39-52(40-42-53)63-61(50-33-18-6-19-34-50)59(48-29-14-4-15-30-48)58(47-27-12-3-13-28-47)60(49-31-16-5-17-32-49)62(63)51-35-20-7-21-36-51/h2-8,10-44H,1,9H2. The Labute approximate surface area is 387 Å². The Morgan fingerprint density at radius 1 is 0.258 bits per heavy atom. The second-order valence-corrected chi connectivity index (χ2v) is 16.7. The van der Waals surface area contributed by atoms with Gasteiger partial charge in [0.1, 0.15) is 0 Å². The van der Waals surface area contributed by atoms with Crippen molar-refractivity contribution in [1.82, 2.24) is 9.97 Å². The molecule has 0 amide bonds. The molecule has 0 aliphatic heterocycles. The minimum absolute atomic E-state index is 0.682. The number of hydrogen-bond donors (Lipinski definition) is 0. The molecule has 1 heterocycles. The molecule has 1 aliphatic carbocycles. The van der Waals surface area contributed by atoms with Gasteiger partial charge < -0.3 is 0 Å². The van der Waals surface area contributed by atoms with E-state index in [1.165, 1.54) is 44.5 Å². The second-order valence-electron chi connectivity index (χ2n) is 16.7. The quantitative estimate of drug-likeness (QED) is 0.137. The van der Waals surface area contributed by atoms with E-state index in [-0.39, 0.29) is 0 Å². The molecule has 1 aliphatic rings. The van der Waals surface area contributed by atoms with Crippen LogP contribution in [-0.2, 0) is 0 Å². The Hall–Kier alpha value is -8.46. The van der Waals surface area contributed by atoms with Crippen LogP contribution in [0.25, 0.3) is 106 Å². The van der Waals surface area contributed by atoms with E-state index in [1.807, 2.05) is 6.07 Å². The minimum atomic E-state index is 0.682. The van der Waals surface area contributed by atoms with E-state index < -0.39 is 0 Å². The summed E-state index contributed by atoms with van der Waals surface area (Å²) in [4.78, 5) is 10.6. The predicted octanol–water partition coefficient (Wildman–Crippen LogP) is 17.2. The third kappa shape index (κ3) is 8.02.